The molecule has 0 amide bonds. The van der Waals surface area contributed by atoms with Crippen LogP contribution in [-0.2, 0) is 7.05 Å². The third kappa shape index (κ3) is 2.24. The summed E-state index contributed by atoms with van der Waals surface area (Å²) in [5.74, 6) is 1.23. The van der Waals surface area contributed by atoms with Crippen LogP contribution in [0, 0.1) is 12.8 Å². The van der Waals surface area contributed by atoms with Gasteiger partial charge in [0.1, 0.15) is 5.82 Å². The van der Waals surface area contributed by atoms with Gasteiger partial charge in [0.25, 0.3) is 5.56 Å². The summed E-state index contributed by atoms with van der Waals surface area (Å²) in [5.41, 5.74) is 2.81. The quantitative estimate of drug-likeness (QED) is 0.654. The summed E-state index contributed by atoms with van der Waals surface area (Å²) in [6.07, 6.45) is 0. The Bertz CT molecular complexity index is 1210. The van der Waals surface area contributed by atoms with Gasteiger partial charge >= 0.3 is 5.69 Å². The first kappa shape index (κ1) is 16.1. The van der Waals surface area contributed by atoms with Crippen molar-refractivity contribution in [2.45, 2.75) is 12.8 Å². The Balaban J connectivity index is 1.83. The van der Waals surface area contributed by atoms with Crippen molar-refractivity contribution < 1.29 is 4.74 Å². The Morgan fingerprint density at radius 1 is 1.22 bits per heavy atom. The summed E-state index contributed by atoms with van der Waals surface area (Å²) in [6.45, 7) is 3.26. The third-order valence-electron chi connectivity index (χ3n) is 5.70. The van der Waals surface area contributed by atoms with E-state index in [9.17, 15) is 9.59 Å². The number of hydrogen-bond donors (Lipinski definition) is 1. The maximum absolute atomic E-state index is 12.7. The van der Waals surface area contributed by atoms with Gasteiger partial charge in [0, 0.05) is 43.4 Å². The molecule has 0 fully saturated rings. The average molecular weight is 364 g/mol. The highest BCUT2D eigenvalue weighted by Crippen LogP contribution is 2.46. The number of benzene rings is 1. The van der Waals surface area contributed by atoms with E-state index in [1.807, 2.05) is 13.1 Å². The van der Waals surface area contributed by atoms with Crippen molar-refractivity contribution in [3.63, 3.8) is 0 Å². The number of ether oxygens (including phenoxy) is 1. The number of nitrogens with zero attached hydrogens (tertiary/aromatic N) is 3. The molecule has 2 atom stereocenters. The van der Waals surface area contributed by atoms with Gasteiger partial charge in [-0.2, -0.15) is 0 Å². The van der Waals surface area contributed by atoms with Crippen molar-refractivity contribution in [2.24, 2.45) is 13.0 Å². The molecule has 0 saturated carbocycles. The van der Waals surface area contributed by atoms with Gasteiger partial charge in [-0.1, -0.05) is 11.6 Å². The number of fused-ring (bicyclic) bond motifs is 6. The van der Waals surface area contributed by atoms with Crippen LogP contribution >= 0.6 is 0 Å². The SMILES string of the molecule is Cc1ccc2nc3c(cc2c1)[C@H]1c2c(n(C)c(=O)[nH]c2=O)OC[C@H]1CN3C. The molecule has 3 aromatic rings. The highest BCUT2D eigenvalue weighted by Gasteiger charge is 2.42. The number of rotatable bonds is 0. The standard InChI is InChI=1S/C20H20N4O3/c1-10-4-5-14-11(6-10)7-13-15-12(8-23(2)17(13)21-14)9-27-19-16(15)18(25)22-20(26)24(19)3/h4-7,12,15H,8-9H2,1-3H3,(H,22,25,26)/t12-,15+/m1/s1. The maximum Gasteiger partial charge on any atom is 0.330 e. The van der Waals surface area contributed by atoms with Crippen LogP contribution in [0.15, 0.2) is 33.9 Å². The summed E-state index contributed by atoms with van der Waals surface area (Å²) in [4.78, 5) is 34.1. The van der Waals surface area contributed by atoms with Gasteiger partial charge in [0.15, 0.2) is 0 Å². The molecule has 5 rings (SSSR count). The number of aromatic nitrogens is 3. The minimum Gasteiger partial charge on any atom is -0.478 e. The lowest BCUT2D eigenvalue weighted by atomic mass is 9.77. The first-order chi connectivity index (χ1) is 12.9. The molecule has 0 bridgehead atoms. The van der Waals surface area contributed by atoms with Crippen LogP contribution in [0.25, 0.3) is 10.9 Å². The van der Waals surface area contributed by atoms with Crippen molar-refractivity contribution in [2.75, 3.05) is 25.1 Å². The molecule has 4 heterocycles. The van der Waals surface area contributed by atoms with E-state index in [0.29, 0.717) is 18.1 Å². The first-order valence-corrected chi connectivity index (χ1v) is 9.02. The van der Waals surface area contributed by atoms with Crippen molar-refractivity contribution in [1.29, 1.82) is 0 Å². The van der Waals surface area contributed by atoms with Crippen LogP contribution in [0.1, 0.15) is 22.6 Å². The highest BCUT2D eigenvalue weighted by atomic mass is 16.5. The van der Waals surface area contributed by atoms with Gasteiger partial charge in [-0.05, 0) is 25.1 Å². The molecule has 0 aliphatic carbocycles. The van der Waals surface area contributed by atoms with E-state index in [-0.39, 0.29) is 17.4 Å². The van der Waals surface area contributed by atoms with E-state index < -0.39 is 5.69 Å². The third-order valence-corrected chi connectivity index (χ3v) is 5.70. The lowest BCUT2D eigenvalue weighted by Crippen LogP contribution is -2.46. The first-order valence-electron chi connectivity index (χ1n) is 9.02. The number of anilines is 1. The molecule has 0 unspecified atom stereocenters. The zero-order chi connectivity index (χ0) is 18.9. The molecule has 1 aromatic carbocycles. The summed E-state index contributed by atoms with van der Waals surface area (Å²) in [5, 5.41) is 1.05. The second kappa shape index (κ2) is 5.45. The zero-order valence-electron chi connectivity index (χ0n) is 15.4. The van der Waals surface area contributed by atoms with Gasteiger partial charge in [0.2, 0.25) is 5.88 Å². The van der Waals surface area contributed by atoms with Crippen LogP contribution < -0.4 is 20.9 Å². The van der Waals surface area contributed by atoms with E-state index >= 15 is 0 Å². The van der Waals surface area contributed by atoms with Crippen molar-refractivity contribution >= 4 is 16.7 Å². The Morgan fingerprint density at radius 2 is 2.04 bits per heavy atom. The molecule has 2 aliphatic rings. The minimum absolute atomic E-state index is 0.123. The van der Waals surface area contributed by atoms with E-state index in [1.54, 1.807) is 7.05 Å². The summed E-state index contributed by atoms with van der Waals surface area (Å²) in [6, 6.07) is 8.33. The fourth-order valence-electron chi connectivity index (χ4n) is 4.43. The summed E-state index contributed by atoms with van der Waals surface area (Å²) >= 11 is 0. The molecule has 7 heteroatoms. The smallest absolute Gasteiger partial charge is 0.330 e. The Kier molecular flexibility index (Phi) is 3.25. The van der Waals surface area contributed by atoms with E-state index in [1.165, 1.54) is 4.57 Å². The molecule has 2 aromatic heterocycles. The second-order valence-corrected chi connectivity index (χ2v) is 7.56. The largest absolute Gasteiger partial charge is 0.478 e. The normalized spacial score (nSPS) is 20.6. The topological polar surface area (TPSA) is 80.2 Å². The molecule has 0 spiro atoms. The predicted octanol–water partition coefficient (Wildman–Crippen LogP) is 1.52. The molecular formula is C20H20N4O3. The van der Waals surface area contributed by atoms with E-state index in [0.717, 1.165) is 34.4 Å². The Hall–Kier alpha value is -3.09. The highest BCUT2D eigenvalue weighted by molar-refractivity contribution is 5.83. The van der Waals surface area contributed by atoms with Crippen LogP contribution in [0.5, 0.6) is 5.88 Å². The average Bonchev–Trinajstić information content (AvgIpc) is 2.64. The fourth-order valence-corrected chi connectivity index (χ4v) is 4.43. The number of pyridine rings is 1. The van der Waals surface area contributed by atoms with Crippen molar-refractivity contribution in [3.8, 4) is 5.88 Å². The van der Waals surface area contributed by atoms with Crippen LogP contribution in [0.2, 0.25) is 0 Å². The molecular weight excluding hydrogens is 344 g/mol. The van der Waals surface area contributed by atoms with Crippen LogP contribution in [-0.4, -0.2) is 34.7 Å². The summed E-state index contributed by atoms with van der Waals surface area (Å²) < 4.78 is 7.23. The molecule has 27 heavy (non-hydrogen) atoms. The Labute approximate surface area is 155 Å². The number of nitrogens with one attached hydrogen (secondary N) is 1. The monoisotopic (exact) mass is 364 g/mol. The number of aromatic amines is 1. The van der Waals surface area contributed by atoms with Gasteiger partial charge in [0.05, 0.1) is 17.7 Å². The molecule has 7 nitrogen and oxygen atoms in total. The molecule has 138 valence electrons. The number of H-pyrrole nitrogens is 1. The van der Waals surface area contributed by atoms with Gasteiger partial charge < -0.3 is 9.64 Å². The second-order valence-electron chi connectivity index (χ2n) is 7.56. The Morgan fingerprint density at radius 3 is 2.85 bits per heavy atom. The van der Waals surface area contributed by atoms with Crippen molar-refractivity contribution in [3.05, 3.63) is 61.8 Å². The number of aryl methyl sites for hydroxylation is 1. The molecule has 1 N–H and O–H groups in total. The summed E-state index contributed by atoms with van der Waals surface area (Å²) in [7, 11) is 3.64. The van der Waals surface area contributed by atoms with Gasteiger partial charge in [-0.15, -0.1) is 0 Å². The zero-order valence-corrected chi connectivity index (χ0v) is 15.4. The lowest BCUT2D eigenvalue weighted by Gasteiger charge is -2.41. The van der Waals surface area contributed by atoms with Crippen LogP contribution in [0.4, 0.5) is 5.82 Å². The minimum atomic E-state index is -0.461. The van der Waals surface area contributed by atoms with Crippen LogP contribution in [0.3, 0.4) is 0 Å². The molecule has 0 radical (unpaired) electrons. The molecule has 0 saturated heterocycles. The predicted molar refractivity (Wildman–Crippen MR) is 103 cm³/mol. The fraction of sp³-hybridized carbons (Fsp3) is 0.350. The maximum atomic E-state index is 12.7. The van der Waals surface area contributed by atoms with E-state index in [2.05, 4.69) is 35.0 Å². The van der Waals surface area contributed by atoms with Gasteiger partial charge in [-0.25, -0.2) is 9.78 Å². The van der Waals surface area contributed by atoms with E-state index in [4.69, 9.17) is 9.72 Å². The lowest BCUT2D eigenvalue weighted by molar-refractivity contribution is 0.185. The van der Waals surface area contributed by atoms with Gasteiger partial charge in [-0.3, -0.25) is 14.3 Å². The van der Waals surface area contributed by atoms with Crippen molar-refractivity contribution in [1.82, 2.24) is 14.5 Å². The molecule has 2 aliphatic heterocycles. The number of hydrogen-bond acceptors (Lipinski definition) is 5.